The molecule has 4 rings (SSSR count). The van der Waals surface area contributed by atoms with Crippen molar-refractivity contribution in [2.75, 3.05) is 13.2 Å². The van der Waals surface area contributed by atoms with Crippen LogP contribution in [-0.2, 0) is 18.3 Å². The van der Waals surface area contributed by atoms with E-state index in [2.05, 4.69) is 46.0 Å². The maximum Gasteiger partial charge on any atom is 0.194 e. The Balaban J connectivity index is 1.42. The molecule has 1 aliphatic rings. The largest absolute Gasteiger partial charge is 0.373 e. The molecule has 0 aromatic carbocycles. The maximum atomic E-state index is 5.94. The lowest BCUT2D eigenvalue weighted by Crippen LogP contribution is -2.25. The van der Waals surface area contributed by atoms with Crippen LogP contribution in [0.15, 0.2) is 18.6 Å². The van der Waals surface area contributed by atoms with Crippen molar-refractivity contribution in [2.24, 2.45) is 13.0 Å². The van der Waals surface area contributed by atoms with Crippen molar-refractivity contribution >= 4 is 16.3 Å². The molecule has 0 saturated carbocycles. The summed E-state index contributed by atoms with van der Waals surface area (Å²) in [4.78, 5) is 7.03. The van der Waals surface area contributed by atoms with Crippen LogP contribution in [0.1, 0.15) is 34.4 Å². The molecule has 128 valence electrons. The number of nitrogens with zero attached hydrogens (tertiary/aromatic N) is 4. The lowest BCUT2D eigenvalue weighted by Gasteiger charge is -2.17. The molecular formula is C17H23N5OS. The van der Waals surface area contributed by atoms with E-state index in [9.17, 15) is 0 Å². The highest BCUT2D eigenvalue weighted by atomic mass is 32.1. The monoisotopic (exact) mass is 345 g/mol. The van der Waals surface area contributed by atoms with Gasteiger partial charge in [-0.1, -0.05) is 0 Å². The summed E-state index contributed by atoms with van der Waals surface area (Å²) < 4.78 is 10.00. The first kappa shape index (κ1) is 15.8. The summed E-state index contributed by atoms with van der Waals surface area (Å²) in [6.45, 7) is 6.81. The molecule has 0 amide bonds. The van der Waals surface area contributed by atoms with Crippen LogP contribution >= 0.6 is 11.3 Å². The Morgan fingerprint density at radius 3 is 3.04 bits per heavy atom. The fraction of sp³-hybridized carbons (Fsp3) is 0.529. The molecule has 1 fully saturated rings. The molecule has 0 bridgehead atoms. The molecule has 0 unspecified atom stereocenters. The highest BCUT2D eigenvalue weighted by Gasteiger charge is 2.30. The van der Waals surface area contributed by atoms with Gasteiger partial charge in [-0.15, -0.1) is 11.3 Å². The Morgan fingerprint density at radius 1 is 1.38 bits per heavy atom. The van der Waals surface area contributed by atoms with Crippen LogP contribution in [0.2, 0.25) is 0 Å². The minimum Gasteiger partial charge on any atom is -0.373 e. The molecule has 7 heteroatoms. The summed E-state index contributed by atoms with van der Waals surface area (Å²) in [5.41, 5.74) is 3.55. The molecule has 3 aromatic rings. The average Bonchev–Trinajstić information content (AvgIpc) is 3.27. The smallest absolute Gasteiger partial charge is 0.194 e. The second-order valence-electron chi connectivity index (χ2n) is 6.56. The standard InChI is InChI=1S/C17H23N5OS/c1-11-9-22-15(12(2)20-17(22)24-11)8-18-6-13-4-5-23-16(13)14-7-19-21(3)10-14/h7,9-10,13,16,18H,4-6,8H2,1-3H3/t13-,16+/m1/s1. The van der Waals surface area contributed by atoms with Gasteiger partial charge in [-0.3, -0.25) is 9.08 Å². The summed E-state index contributed by atoms with van der Waals surface area (Å²) in [5, 5.41) is 7.89. The van der Waals surface area contributed by atoms with E-state index >= 15 is 0 Å². The van der Waals surface area contributed by atoms with Gasteiger partial charge in [-0.2, -0.15) is 5.10 Å². The first-order chi connectivity index (χ1) is 11.6. The van der Waals surface area contributed by atoms with Crippen LogP contribution in [0.4, 0.5) is 0 Å². The van der Waals surface area contributed by atoms with Crippen LogP contribution in [0.3, 0.4) is 0 Å². The fourth-order valence-electron chi connectivity index (χ4n) is 3.50. The maximum absolute atomic E-state index is 5.94. The second-order valence-corrected chi connectivity index (χ2v) is 7.77. The molecule has 0 radical (unpaired) electrons. The lowest BCUT2D eigenvalue weighted by molar-refractivity contribution is 0.0903. The molecule has 4 heterocycles. The molecule has 24 heavy (non-hydrogen) atoms. The van der Waals surface area contributed by atoms with Crippen molar-refractivity contribution in [1.29, 1.82) is 0 Å². The van der Waals surface area contributed by atoms with Crippen LogP contribution in [0.25, 0.3) is 4.96 Å². The fourth-order valence-corrected chi connectivity index (χ4v) is 4.39. The van der Waals surface area contributed by atoms with Crippen molar-refractivity contribution in [1.82, 2.24) is 24.5 Å². The number of ether oxygens (including phenoxy) is 1. The van der Waals surface area contributed by atoms with Crippen molar-refractivity contribution in [3.8, 4) is 0 Å². The van der Waals surface area contributed by atoms with Gasteiger partial charge in [0, 0.05) is 55.5 Å². The van der Waals surface area contributed by atoms with Gasteiger partial charge in [0.1, 0.15) is 0 Å². The van der Waals surface area contributed by atoms with Crippen LogP contribution in [0, 0.1) is 19.8 Å². The number of imidazole rings is 1. The number of aromatic nitrogens is 4. The Morgan fingerprint density at radius 2 is 2.25 bits per heavy atom. The van der Waals surface area contributed by atoms with Crippen LogP contribution < -0.4 is 5.32 Å². The molecule has 2 atom stereocenters. The zero-order valence-corrected chi connectivity index (χ0v) is 15.1. The van der Waals surface area contributed by atoms with E-state index in [0.29, 0.717) is 5.92 Å². The van der Waals surface area contributed by atoms with Crippen molar-refractivity contribution < 1.29 is 4.74 Å². The molecule has 3 aromatic heterocycles. The SMILES string of the molecule is Cc1cn2c(CNC[C@H]3CCO[C@@H]3c3cnn(C)c3)c(C)nc2s1. The minimum absolute atomic E-state index is 0.154. The van der Waals surface area contributed by atoms with Gasteiger partial charge in [-0.25, -0.2) is 4.98 Å². The number of hydrogen-bond acceptors (Lipinski definition) is 5. The third-order valence-electron chi connectivity index (χ3n) is 4.71. The number of thiazole rings is 1. The Labute approximate surface area is 145 Å². The van der Waals surface area contributed by atoms with E-state index in [1.54, 1.807) is 11.3 Å². The van der Waals surface area contributed by atoms with Crippen LogP contribution in [-0.4, -0.2) is 32.3 Å². The van der Waals surface area contributed by atoms with E-state index in [-0.39, 0.29) is 6.10 Å². The predicted molar refractivity (Wildman–Crippen MR) is 94.3 cm³/mol. The highest BCUT2D eigenvalue weighted by molar-refractivity contribution is 7.17. The first-order valence-corrected chi connectivity index (χ1v) is 9.18. The Bertz CT molecular complexity index is 849. The molecule has 1 aliphatic heterocycles. The van der Waals surface area contributed by atoms with E-state index in [1.165, 1.54) is 16.1 Å². The number of rotatable bonds is 5. The average molecular weight is 345 g/mol. The predicted octanol–water partition coefficient (Wildman–Crippen LogP) is 2.61. The van der Waals surface area contributed by atoms with Gasteiger partial charge in [0.2, 0.25) is 0 Å². The van der Waals surface area contributed by atoms with E-state index < -0.39 is 0 Å². The van der Waals surface area contributed by atoms with Gasteiger partial charge in [0.15, 0.2) is 4.96 Å². The van der Waals surface area contributed by atoms with Crippen molar-refractivity contribution in [3.05, 3.63) is 40.4 Å². The zero-order valence-electron chi connectivity index (χ0n) is 14.3. The molecule has 1 N–H and O–H groups in total. The Hall–Kier alpha value is -1.70. The molecular weight excluding hydrogens is 322 g/mol. The number of fused-ring (bicyclic) bond motifs is 1. The third-order valence-corrected chi connectivity index (χ3v) is 5.61. The quantitative estimate of drug-likeness (QED) is 0.772. The lowest BCUT2D eigenvalue weighted by atomic mass is 9.97. The molecule has 0 aliphatic carbocycles. The molecule has 1 saturated heterocycles. The van der Waals surface area contributed by atoms with Gasteiger partial charge >= 0.3 is 0 Å². The molecule has 0 spiro atoms. The van der Waals surface area contributed by atoms with Crippen molar-refractivity contribution in [2.45, 2.75) is 32.9 Å². The second kappa shape index (κ2) is 6.31. The third kappa shape index (κ3) is 2.87. The highest BCUT2D eigenvalue weighted by Crippen LogP contribution is 2.33. The topological polar surface area (TPSA) is 56.4 Å². The van der Waals surface area contributed by atoms with Crippen molar-refractivity contribution in [3.63, 3.8) is 0 Å². The van der Waals surface area contributed by atoms with Crippen LogP contribution in [0.5, 0.6) is 0 Å². The normalized spacial score (nSPS) is 21.1. The van der Waals surface area contributed by atoms with E-state index in [0.717, 1.165) is 36.8 Å². The van der Waals surface area contributed by atoms with Gasteiger partial charge in [0.05, 0.1) is 23.7 Å². The van der Waals surface area contributed by atoms with Gasteiger partial charge in [0.25, 0.3) is 0 Å². The van der Waals surface area contributed by atoms with Gasteiger partial charge in [-0.05, 0) is 20.3 Å². The minimum atomic E-state index is 0.154. The van der Waals surface area contributed by atoms with E-state index in [1.807, 2.05) is 17.9 Å². The molecule has 6 nitrogen and oxygen atoms in total. The summed E-state index contributed by atoms with van der Waals surface area (Å²) in [7, 11) is 1.95. The van der Waals surface area contributed by atoms with Gasteiger partial charge < -0.3 is 10.1 Å². The summed E-state index contributed by atoms with van der Waals surface area (Å²) >= 11 is 1.74. The number of nitrogens with one attached hydrogen (secondary N) is 1. The number of hydrogen-bond donors (Lipinski definition) is 1. The first-order valence-electron chi connectivity index (χ1n) is 8.36. The van der Waals surface area contributed by atoms with E-state index in [4.69, 9.17) is 4.74 Å². The summed E-state index contributed by atoms with van der Waals surface area (Å²) in [6.07, 6.45) is 7.39. The summed E-state index contributed by atoms with van der Waals surface area (Å²) in [6, 6.07) is 0. The summed E-state index contributed by atoms with van der Waals surface area (Å²) in [5.74, 6) is 0.488. The number of aryl methyl sites for hydroxylation is 3. The Kier molecular flexibility index (Phi) is 4.15. The zero-order chi connectivity index (χ0) is 16.7.